The molecule has 2 heterocycles. The van der Waals surface area contributed by atoms with Gasteiger partial charge in [0.2, 0.25) is 5.91 Å². The van der Waals surface area contributed by atoms with Gasteiger partial charge in [-0.05, 0) is 42.0 Å². The van der Waals surface area contributed by atoms with Crippen LogP contribution in [0.5, 0.6) is 0 Å². The van der Waals surface area contributed by atoms with Crippen molar-refractivity contribution in [2.24, 2.45) is 7.05 Å². The van der Waals surface area contributed by atoms with Crippen LogP contribution >= 0.6 is 11.8 Å². The third kappa shape index (κ3) is 6.04. The fourth-order valence-corrected chi connectivity index (χ4v) is 4.48. The van der Waals surface area contributed by atoms with E-state index in [1.54, 1.807) is 30.5 Å². The molecule has 0 spiro atoms. The first kappa shape index (κ1) is 23.5. The highest BCUT2D eigenvalue weighted by atomic mass is 32.2. The molecule has 9 heteroatoms. The van der Waals surface area contributed by atoms with E-state index in [0.717, 1.165) is 30.4 Å². The van der Waals surface area contributed by atoms with Crippen molar-refractivity contribution in [2.45, 2.75) is 11.7 Å². The van der Waals surface area contributed by atoms with E-state index in [4.69, 9.17) is 5.26 Å². The van der Waals surface area contributed by atoms with Crippen LogP contribution in [0.1, 0.15) is 21.5 Å². The molecular formula is C25H26N6O2S. The van der Waals surface area contributed by atoms with Gasteiger partial charge < -0.3 is 14.8 Å². The lowest BCUT2D eigenvalue weighted by Gasteiger charge is -2.34. The molecule has 174 valence electrons. The maximum atomic E-state index is 12.9. The second-order valence-corrected chi connectivity index (χ2v) is 9.05. The summed E-state index contributed by atoms with van der Waals surface area (Å²) in [7, 11) is 1.89. The second-order valence-electron chi connectivity index (χ2n) is 8.11. The number of amides is 2. The van der Waals surface area contributed by atoms with Crippen molar-refractivity contribution >= 4 is 29.3 Å². The van der Waals surface area contributed by atoms with Gasteiger partial charge in [0.15, 0.2) is 5.16 Å². The number of carbonyl (C=O) groups excluding carboxylic acids is 2. The van der Waals surface area contributed by atoms with Gasteiger partial charge in [0, 0.05) is 63.4 Å². The lowest BCUT2D eigenvalue weighted by molar-refractivity contribution is -0.113. The number of piperazine rings is 1. The number of aryl methyl sites for hydroxylation is 1. The van der Waals surface area contributed by atoms with Crippen molar-refractivity contribution in [3.05, 3.63) is 77.6 Å². The number of nitriles is 1. The highest BCUT2D eigenvalue weighted by Gasteiger charge is 2.22. The van der Waals surface area contributed by atoms with Crippen LogP contribution in [0, 0.1) is 11.3 Å². The van der Waals surface area contributed by atoms with Crippen molar-refractivity contribution in [1.82, 2.24) is 19.4 Å². The maximum Gasteiger partial charge on any atom is 0.253 e. The Balaban J connectivity index is 1.23. The Bertz CT molecular complexity index is 1180. The molecule has 1 saturated heterocycles. The molecule has 2 amide bonds. The van der Waals surface area contributed by atoms with Crippen LogP contribution in [0.3, 0.4) is 0 Å². The van der Waals surface area contributed by atoms with Crippen LogP contribution in [0.15, 0.2) is 66.1 Å². The van der Waals surface area contributed by atoms with Crippen LogP contribution in [-0.4, -0.2) is 63.1 Å². The SMILES string of the molecule is Cn1ccnc1SCC(=O)Nc1ccc(C(=O)N2CCN(Cc3ccc(C#N)cc3)CC2)cc1. The van der Waals surface area contributed by atoms with Gasteiger partial charge in [0.25, 0.3) is 5.91 Å². The summed E-state index contributed by atoms with van der Waals surface area (Å²) in [5.41, 5.74) is 3.10. The Hall–Kier alpha value is -3.61. The third-order valence-electron chi connectivity index (χ3n) is 5.67. The number of anilines is 1. The molecule has 0 radical (unpaired) electrons. The van der Waals surface area contributed by atoms with Crippen molar-refractivity contribution in [3.63, 3.8) is 0 Å². The number of rotatable bonds is 7. The average molecular weight is 475 g/mol. The first-order valence-electron chi connectivity index (χ1n) is 11.0. The molecule has 3 aromatic rings. The predicted molar refractivity (Wildman–Crippen MR) is 131 cm³/mol. The van der Waals surface area contributed by atoms with Gasteiger partial charge in [-0.15, -0.1) is 0 Å². The molecule has 1 aliphatic heterocycles. The van der Waals surface area contributed by atoms with E-state index < -0.39 is 0 Å². The van der Waals surface area contributed by atoms with Gasteiger partial charge >= 0.3 is 0 Å². The highest BCUT2D eigenvalue weighted by Crippen LogP contribution is 2.17. The Labute approximate surface area is 203 Å². The van der Waals surface area contributed by atoms with E-state index in [1.165, 1.54) is 11.8 Å². The monoisotopic (exact) mass is 474 g/mol. The minimum Gasteiger partial charge on any atom is -0.336 e. The number of hydrogen-bond donors (Lipinski definition) is 1. The van der Waals surface area contributed by atoms with E-state index in [9.17, 15) is 9.59 Å². The second kappa shape index (κ2) is 11.0. The van der Waals surface area contributed by atoms with Crippen molar-refractivity contribution < 1.29 is 9.59 Å². The summed E-state index contributed by atoms with van der Waals surface area (Å²) in [6.45, 7) is 3.73. The number of carbonyl (C=O) groups is 2. The van der Waals surface area contributed by atoms with Gasteiger partial charge in [-0.1, -0.05) is 23.9 Å². The Morgan fingerprint density at radius 1 is 1.06 bits per heavy atom. The van der Waals surface area contributed by atoms with Gasteiger partial charge in [-0.3, -0.25) is 14.5 Å². The van der Waals surface area contributed by atoms with Crippen LogP contribution in [0.25, 0.3) is 0 Å². The normalized spacial score (nSPS) is 13.9. The molecule has 1 N–H and O–H groups in total. The summed E-state index contributed by atoms with van der Waals surface area (Å²) < 4.78 is 1.87. The fourth-order valence-electron chi connectivity index (χ4n) is 3.75. The topological polar surface area (TPSA) is 94.3 Å². The number of hydrogen-bond acceptors (Lipinski definition) is 6. The van der Waals surface area contributed by atoms with Crippen LogP contribution in [0.4, 0.5) is 5.69 Å². The number of thioether (sulfide) groups is 1. The number of nitrogens with zero attached hydrogens (tertiary/aromatic N) is 5. The van der Waals surface area contributed by atoms with E-state index >= 15 is 0 Å². The van der Waals surface area contributed by atoms with E-state index in [-0.39, 0.29) is 17.6 Å². The molecule has 1 aromatic heterocycles. The van der Waals surface area contributed by atoms with Gasteiger partial charge in [-0.25, -0.2) is 4.98 Å². The smallest absolute Gasteiger partial charge is 0.253 e. The first-order chi connectivity index (χ1) is 16.5. The summed E-state index contributed by atoms with van der Waals surface area (Å²) in [6, 6.07) is 16.8. The minimum absolute atomic E-state index is 0.00115. The van der Waals surface area contributed by atoms with E-state index in [1.807, 2.05) is 47.0 Å². The van der Waals surface area contributed by atoms with Crippen molar-refractivity contribution in [2.75, 3.05) is 37.2 Å². The molecule has 0 unspecified atom stereocenters. The molecule has 4 rings (SSSR count). The van der Waals surface area contributed by atoms with Gasteiger partial charge in [-0.2, -0.15) is 5.26 Å². The molecule has 0 saturated carbocycles. The summed E-state index contributed by atoms with van der Waals surface area (Å²) in [4.78, 5) is 33.5. The molecule has 8 nitrogen and oxygen atoms in total. The maximum absolute atomic E-state index is 12.9. The van der Waals surface area contributed by atoms with Crippen LogP contribution in [-0.2, 0) is 18.4 Å². The van der Waals surface area contributed by atoms with Crippen molar-refractivity contribution in [1.29, 1.82) is 5.26 Å². The summed E-state index contributed by atoms with van der Waals surface area (Å²) in [6.07, 6.45) is 3.54. The fraction of sp³-hybridized carbons (Fsp3) is 0.280. The third-order valence-corrected chi connectivity index (χ3v) is 6.73. The summed E-state index contributed by atoms with van der Waals surface area (Å²) >= 11 is 1.37. The molecule has 2 aromatic carbocycles. The zero-order valence-electron chi connectivity index (χ0n) is 19.0. The van der Waals surface area contributed by atoms with Crippen LogP contribution < -0.4 is 5.32 Å². The Morgan fingerprint density at radius 3 is 2.38 bits per heavy atom. The number of benzene rings is 2. The lowest BCUT2D eigenvalue weighted by Crippen LogP contribution is -2.48. The number of imidazole rings is 1. The van der Waals surface area contributed by atoms with Gasteiger partial charge in [0.1, 0.15) is 0 Å². The average Bonchev–Trinajstić information content (AvgIpc) is 3.28. The minimum atomic E-state index is -0.120. The van der Waals surface area contributed by atoms with E-state index in [2.05, 4.69) is 21.3 Å². The molecule has 1 aliphatic rings. The molecule has 0 aliphatic carbocycles. The molecule has 34 heavy (non-hydrogen) atoms. The van der Waals surface area contributed by atoms with Gasteiger partial charge in [0.05, 0.1) is 17.4 Å². The molecule has 1 fully saturated rings. The highest BCUT2D eigenvalue weighted by molar-refractivity contribution is 7.99. The zero-order chi connectivity index (χ0) is 23.9. The predicted octanol–water partition coefficient (Wildman–Crippen LogP) is 2.98. The molecule has 0 atom stereocenters. The molecular weight excluding hydrogens is 448 g/mol. The Kier molecular flexibility index (Phi) is 7.62. The van der Waals surface area contributed by atoms with E-state index in [0.29, 0.717) is 29.9 Å². The largest absolute Gasteiger partial charge is 0.336 e. The van der Waals surface area contributed by atoms with Crippen LogP contribution in [0.2, 0.25) is 0 Å². The first-order valence-corrected chi connectivity index (χ1v) is 12.0. The number of aromatic nitrogens is 2. The zero-order valence-corrected chi connectivity index (χ0v) is 19.8. The standard InChI is InChI=1S/C25H26N6O2S/c1-29-11-10-27-25(29)34-18-23(32)28-22-8-6-21(7-9-22)24(33)31-14-12-30(13-15-31)17-20-4-2-19(16-26)3-5-20/h2-11H,12-15,17-18H2,1H3,(H,28,32). The quantitative estimate of drug-likeness (QED) is 0.529. The number of nitrogens with one attached hydrogen (secondary N) is 1. The molecule has 0 bridgehead atoms. The Morgan fingerprint density at radius 2 is 1.76 bits per heavy atom. The summed E-state index contributed by atoms with van der Waals surface area (Å²) in [5.74, 6) is 0.143. The summed E-state index contributed by atoms with van der Waals surface area (Å²) in [5, 5.41) is 12.6. The lowest BCUT2D eigenvalue weighted by atomic mass is 10.1. The van der Waals surface area contributed by atoms with Crippen molar-refractivity contribution in [3.8, 4) is 6.07 Å².